The summed E-state index contributed by atoms with van der Waals surface area (Å²) in [6, 6.07) is 13.9. The van der Waals surface area contributed by atoms with Gasteiger partial charge in [0.15, 0.2) is 11.5 Å². The maximum absolute atomic E-state index is 13.1. The fourth-order valence-electron chi connectivity index (χ4n) is 3.18. The van der Waals surface area contributed by atoms with Gasteiger partial charge < -0.3 is 29.6 Å². The molecule has 3 aromatic rings. The van der Waals surface area contributed by atoms with Gasteiger partial charge in [0.2, 0.25) is 5.75 Å². The molecular weight excluding hydrogens is 456 g/mol. The van der Waals surface area contributed by atoms with Gasteiger partial charge in [0.25, 0.3) is 11.8 Å². The topological polar surface area (TPSA) is 95.1 Å². The van der Waals surface area contributed by atoms with Crippen LogP contribution in [-0.2, 0) is 11.3 Å². The lowest BCUT2D eigenvalue weighted by atomic mass is 10.1. The zero-order valence-corrected chi connectivity index (χ0v) is 20.2. The van der Waals surface area contributed by atoms with Crippen molar-refractivity contribution in [1.82, 2.24) is 10.6 Å². The van der Waals surface area contributed by atoms with Crippen LogP contribution in [0.2, 0.25) is 0 Å². The summed E-state index contributed by atoms with van der Waals surface area (Å²) in [5.74, 6) is 1.16. The van der Waals surface area contributed by atoms with E-state index in [9.17, 15) is 9.59 Å². The molecule has 0 fully saturated rings. The first kappa shape index (κ1) is 24.7. The van der Waals surface area contributed by atoms with Gasteiger partial charge in [0, 0.05) is 22.5 Å². The Kier molecular flexibility index (Phi) is 8.53. The molecule has 1 heterocycles. The number of nitrogens with one attached hydrogen (secondary N) is 2. The highest BCUT2D eigenvalue weighted by Crippen LogP contribution is 2.39. The fourth-order valence-corrected chi connectivity index (χ4v) is 3.84. The summed E-state index contributed by atoms with van der Waals surface area (Å²) < 4.78 is 21.3. The number of thiophene rings is 1. The number of methoxy groups -OCH3 is 4. The first-order valence-corrected chi connectivity index (χ1v) is 11.1. The molecule has 0 saturated heterocycles. The molecule has 1 aromatic heterocycles. The van der Waals surface area contributed by atoms with E-state index >= 15 is 0 Å². The van der Waals surface area contributed by atoms with E-state index in [0.717, 1.165) is 4.88 Å². The molecule has 2 aromatic carbocycles. The van der Waals surface area contributed by atoms with Gasteiger partial charge >= 0.3 is 0 Å². The summed E-state index contributed by atoms with van der Waals surface area (Å²) in [5.41, 5.74) is 1.19. The Morgan fingerprint density at radius 3 is 2.21 bits per heavy atom. The smallest absolute Gasteiger partial charge is 0.268 e. The molecule has 0 aliphatic carbocycles. The van der Waals surface area contributed by atoms with Gasteiger partial charge in [-0.2, -0.15) is 0 Å². The van der Waals surface area contributed by atoms with E-state index < -0.39 is 11.8 Å². The first-order valence-electron chi connectivity index (χ1n) is 10.3. The minimum atomic E-state index is -0.452. The first-order chi connectivity index (χ1) is 16.5. The number of hydrogen-bond acceptors (Lipinski definition) is 7. The zero-order chi connectivity index (χ0) is 24.5. The van der Waals surface area contributed by atoms with Gasteiger partial charge in [-0.25, -0.2) is 0 Å². The Morgan fingerprint density at radius 2 is 1.62 bits per heavy atom. The number of hydrogen-bond donors (Lipinski definition) is 2. The van der Waals surface area contributed by atoms with Crippen LogP contribution in [0.15, 0.2) is 59.6 Å². The van der Waals surface area contributed by atoms with Gasteiger partial charge in [-0.15, -0.1) is 11.3 Å². The summed E-state index contributed by atoms with van der Waals surface area (Å²) in [4.78, 5) is 26.7. The van der Waals surface area contributed by atoms with Crippen molar-refractivity contribution in [3.63, 3.8) is 0 Å². The van der Waals surface area contributed by atoms with Crippen LogP contribution in [0.3, 0.4) is 0 Å². The number of amides is 2. The molecule has 0 aliphatic rings. The minimum Gasteiger partial charge on any atom is -0.497 e. The summed E-state index contributed by atoms with van der Waals surface area (Å²) in [5, 5.41) is 7.44. The van der Waals surface area contributed by atoms with Gasteiger partial charge in [-0.05, 0) is 53.9 Å². The molecule has 0 radical (unpaired) electrons. The van der Waals surface area contributed by atoms with Crippen molar-refractivity contribution < 1.29 is 28.5 Å². The fraction of sp³-hybridized carbons (Fsp3) is 0.200. The standard InChI is InChI=1S/C25H26N2O6S/c1-30-18-10-7-16(8-11-18)24(28)27-20(14-19-6-5-13-34-19)25(29)26-15-17-9-12-21(31-2)23(33-4)22(17)32-3/h5-14H,15H2,1-4H3,(H,26,29)(H,27,28)/b20-14-. The number of ether oxygens (including phenoxy) is 4. The van der Waals surface area contributed by atoms with Crippen molar-refractivity contribution in [2.75, 3.05) is 28.4 Å². The highest BCUT2D eigenvalue weighted by Gasteiger charge is 2.19. The predicted molar refractivity (Wildman–Crippen MR) is 131 cm³/mol. The molecule has 8 nitrogen and oxygen atoms in total. The monoisotopic (exact) mass is 482 g/mol. The Balaban J connectivity index is 1.81. The van der Waals surface area contributed by atoms with Crippen LogP contribution in [0, 0.1) is 0 Å². The molecule has 0 atom stereocenters. The van der Waals surface area contributed by atoms with E-state index in [1.807, 2.05) is 17.5 Å². The van der Waals surface area contributed by atoms with E-state index in [-0.39, 0.29) is 12.2 Å². The van der Waals surface area contributed by atoms with Crippen LogP contribution in [0.4, 0.5) is 0 Å². The molecule has 0 spiro atoms. The Bertz CT molecular complexity index is 1160. The van der Waals surface area contributed by atoms with Gasteiger partial charge in [0.05, 0.1) is 28.4 Å². The highest BCUT2D eigenvalue weighted by atomic mass is 32.1. The minimum absolute atomic E-state index is 0.114. The number of rotatable bonds is 10. The van der Waals surface area contributed by atoms with Crippen LogP contribution in [0.1, 0.15) is 20.8 Å². The van der Waals surface area contributed by atoms with E-state index in [0.29, 0.717) is 34.1 Å². The van der Waals surface area contributed by atoms with E-state index in [1.54, 1.807) is 49.6 Å². The zero-order valence-electron chi connectivity index (χ0n) is 19.3. The molecule has 34 heavy (non-hydrogen) atoms. The van der Waals surface area contributed by atoms with E-state index in [2.05, 4.69) is 10.6 Å². The maximum Gasteiger partial charge on any atom is 0.268 e. The summed E-state index contributed by atoms with van der Waals surface area (Å²) >= 11 is 1.45. The third-order valence-electron chi connectivity index (χ3n) is 4.90. The van der Waals surface area contributed by atoms with E-state index in [1.165, 1.54) is 32.7 Å². The lowest BCUT2D eigenvalue weighted by Gasteiger charge is -2.16. The van der Waals surface area contributed by atoms with Crippen LogP contribution in [-0.4, -0.2) is 40.3 Å². The van der Waals surface area contributed by atoms with Gasteiger partial charge in [-0.1, -0.05) is 6.07 Å². The Hall–Kier alpha value is -3.98. The molecule has 178 valence electrons. The molecule has 0 saturated carbocycles. The highest BCUT2D eigenvalue weighted by molar-refractivity contribution is 7.10. The van der Waals surface area contributed by atoms with Crippen molar-refractivity contribution in [3.8, 4) is 23.0 Å². The Labute approximate surface area is 202 Å². The van der Waals surface area contributed by atoms with Gasteiger partial charge in [0.1, 0.15) is 11.4 Å². The SMILES string of the molecule is COc1ccc(C(=O)N/C(=C\c2cccs2)C(=O)NCc2ccc(OC)c(OC)c2OC)cc1. The Morgan fingerprint density at radius 1 is 0.882 bits per heavy atom. The molecule has 2 amide bonds. The normalized spacial score (nSPS) is 10.9. The number of carbonyl (C=O) groups is 2. The molecule has 3 rings (SSSR count). The largest absolute Gasteiger partial charge is 0.497 e. The van der Waals surface area contributed by atoms with Gasteiger partial charge in [-0.3, -0.25) is 9.59 Å². The van der Waals surface area contributed by atoms with Crippen molar-refractivity contribution >= 4 is 29.2 Å². The van der Waals surface area contributed by atoms with Crippen LogP contribution < -0.4 is 29.6 Å². The van der Waals surface area contributed by atoms with Crippen LogP contribution in [0.25, 0.3) is 6.08 Å². The quantitative estimate of drug-likeness (QED) is 0.426. The summed E-state index contributed by atoms with van der Waals surface area (Å²) in [7, 11) is 6.11. The number of carbonyl (C=O) groups excluding carboxylic acids is 2. The molecule has 0 unspecified atom stereocenters. The van der Waals surface area contributed by atoms with Crippen LogP contribution >= 0.6 is 11.3 Å². The molecule has 9 heteroatoms. The average molecular weight is 483 g/mol. The van der Waals surface area contributed by atoms with Crippen molar-refractivity contribution in [3.05, 3.63) is 75.6 Å². The van der Waals surface area contributed by atoms with Crippen molar-refractivity contribution in [1.29, 1.82) is 0 Å². The molecule has 0 bridgehead atoms. The third kappa shape index (κ3) is 5.87. The van der Waals surface area contributed by atoms with Crippen molar-refractivity contribution in [2.24, 2.45) is 0 Å². The lowest BCUT2D eigenvalue weighted by molar-refractivity contribution is -0.117. The summed E-state index contributed by atoms with van der Waals surface area (Å²) in [6.07, 6.45) is 1.63. The molecular formula is C25H26N2O6S. The second-order valence-corrected chi connectivity index (χ2v) is 7.91. The third-order valence-corrected chi connectivity index (χ3v) is 5.72. The average Bonchev–Trinajstić information content (AvgIpc) is 3.39. The van der Waals surface area contributed by atoms with Crippen LogP contribution in [0.5, 0.6) is 23.0 Å². The van der Waals surface area contributed by atoms with E-state index in [4.69, 9.17) is 18.9 Å². The molecule has 0 aliphatic heterocycles. The van der Waals surface area contributed by atoms with Crippen molar-refractivity contribution in [2.45, 2.75) is 6.54 Å². The molecule has 2 N–H and O–H groups in total. The second kappa shape index (κ2) is 11.8. The predicted octanol–water partition coefficient (Wildman–Crippen LogP) is 3.87. The number of benzene rings is 2. The second-order valence-electron chi connectivity index (χ2n) is 6.93. The maximum atomic E-state index is 13.1. The lowest BCUT2D eigenvalue weighted by Crippen LogP contribution is -2.34. The summed E-state index contributed by atoms with van der Waals surface area (Å²) in [6.45, 7) is 0.141.